The van der Waals surface area contributed by atoms with Gasteiger partial charge in [0.15, 0.2) is 18.1 Å². The van der Waals surface area contributed by atoms with Crippen LogP contribution in [0.5, 0.6) is 11.5 Å². The number of hydrogen-bond donors (Lipinski definition) is 2. The second-order valence-corrected chi connectivity index (χ2v) is 7.12. The lowest BCUT2D eigenvalue weighted by Crippen LogP contribution is -2.42. The first kappa shape index (κ1) is 21.3. The van der Waals surface area contributed by atoms with Crippen LogP contribution in [0.3, 0.4) is 0 Å². The summed E-state index contributed by atoms with van der Waals surface area (Å²) in [6, 6.07) is 6.38. The Bertz CT molecular complexity index is 625. The van der Waals surface area contributed by atoms with Gasteiger partial charge in [-0.3, -0.25) is 9.69 Å². The molecule has 6 nitrogen and oxygen atoms in total. The molecule has 0 atom stereocenters. The summed E-state index contributed by atoms with van der Waals surface area (Å²) < 4.78 is 11.0. The van der Waals surface area contributed by atoms with Crippen LogP contribution in [0.2, 0.25) is 0 Å². The Morgan fingerprint density at radius 1 is 1.30 bits per heavy atom. The van der Waals surface area contributed by atoms with E-state index in [1.165, 1.54) is 5.57 Å². The molecule has 1 aliphatic heterocycles. The van der Waals surface area contributed by atoms with E-state index in [9.17, 15) is 4.79 Å². The molecule has 150 valence electrons. The first-order valence-electron chi connectivity index (χ1n) is 9.68. The van der Waals surface area contributed by atoms with Crippen LogP contribution in [0.4, 0.5) is 0 Å². The molecule has 6 heteroatoms. The largest absolute Gasteiger partial charge is 0.493 e. The molecule has 0 radical (unpaired) electrons. The third-order valence-corrected chi connectivity index (χ3v) is 4.64. The van der Waals surface area contributed by atoms with Crippen molar-refractivity contribution in [3.05, 3.63) is 35.9 Å². The predicted octanol–water partition coefficient (Wildman–Crippen LogP) is 2.34. The van der Waals surface area contributed by atoms with E-state index in [0.717, 1.165) is 44.6 Å². The van der Waals surface area contributed by atoms with Gasteiger partial charge in [-0.25, -0.2) is 0 Å². The molecule has 2 rings (SSSR count). The molecule has 0 aromatic heterocycles. The quantitative estimate of drug-likeness (QED) is 0.615. The zero-order chi connectivity index (χ0) is 19.6. The number of ether oxygens (including phenoxy) is 2. The Morgan fingerprint density at radius 3 is 2.67 bits per heavy atom. The summed E-state index contributed by atoms with van der Waals surface area (Å²) in [6.07, 6.45) is 2.30. The maximum atomic E-state index is 11.5. The number of methoxy groups -OCH3 is 1. The summed E-state index contributed by atoms with van der Waals surface area (Å²) in [5.74, 6) is 1.10. The maximum Gasteiger partial charge on any atom is 0.257 e. The minimum Gasteiger partial charge on any atom is -0.493 e. The van der Waals surface area contributed by atoms with E-state index in [2.05, 4.69) is 29.0 Å². The van der Waals surface area contributed by atoms with Crippen molar-refractivity contribution in [3.8, 4) is 11.5 Å². The number of likely N-dealkylation sites (N-methyl/N-ethyl adjacent to an activating group) is 1. The second kappa shape index (κ2) is 10.9. The molecule has 27 heavy (non-hydrogen) atoms. The smallest absolute Gasteiger partial charge is 0.257 e. The van der Waals surface area contributed by atoms with Crippen molar-refractivity contribution in [3.63, 3.8) is 0 Å². The number of carbonyl (C=O) groups is 1. The molecule has 2 N–H and O–H groups in total. The van der Waals surface area contributed by atoms with Gasteiger partial charge in [0.1, 0.15) is 0 Å². The molecule has 0 spiro atoms. The summed E-state index contributed by atoms with van der Waals surface area (Å²) in [6.45, 7) is 12.6. The monoisotopic (exact) mass is 375 g/mol. The van der Waals surface area contributed by atoms with Crippen LogP contribution in [0.15, 0.2) is 30.4 Å². The van der Waals surface area contributed by atoms with Gasteiger partial charge in [0.2, 0.25) is 0 Å². The van der Waals surface area contributed by atoms with Crippen LogP contribution in [-0.2, 0) is 11.3 Å². The predicted molar refractivity (Wildman–Crippen MR) is 108 cm³/mol. The summed E-state index contributed by atoms with van der Waals surface area (Å²) in [5.41, 5.74) is 2.37. The fourth-order valence-electron chi connectivity index (χ4n) is 3.27. The van der Waals surface area contributed by atoms with E-state index < -0.39 is 0 Å². The highest BCUT2D eigenvalue weighted by atomic mass is 16.5. The molecule has 0 bridgehead atoms. The lowest BCUT2D eigenvalue weighted by molar-refractivity contribution is -0.123. The molecular formula is C21H33N3O3. The van der Waals surface area contributed by atoms with Crippen molar-refractivity contribution in [2.45, 2.75) is 39.3 Å². The number of hydrogen-bond acceptors (Lipinski definition) is 5. The van der Waals surface area contributed by atoms with Crippen LogP contribution in [0.25, 0.3) is 0 Å². The Morgan fingerprint density at radius 2 is 2.04 bits per heavy atom. The van der Waals surface area contributed by atoms with Crippen molar-refractivity contribution in [2.24, 2.45) is 0 Å². The highest BCUT2D eigenvalue weighted by molar-refractivity contribution is 5.77. The molecule has 0 aliphatic carbocycles. The Kier molecular flexibility index (Phi) is 8.61. The minimum atomic E-state index is -0.136. The number of amides is 1. The minimum absolute atomic E-state index is 0.00937. The summed E-state index contributed by atoms with van der Waals surface area (Å²) in [7, 11) is 1.61. The number of nitrogens with one attached hydrogen (secondary N) is 2. The van der Waals surface area contributed by atoms with Gasteiger partial charge in [0.05, 0.1) is 7.11 Å². The molecule has 1 heterocycles. The standard InChI is InChI=1S/C21H33N3O3/c1-5-22-21(25)15-27-19-7-6-17(12-20(19)26-4)13-23-18-8-10-24(11-9-18)14-16(2)3/h6-7,12,18,23H,2,5,8-11,13-15H2,1,3-4H3,(H,22,25). The van der Waals surface area contributed by atoms with E-state index >= 15 is 0 Å². The molecule has 0 unspecified atom stereocenters. The van der Waals surface area contributed by atoms with Gasteiger partial charge < -0.3 is 20.1 Å². The molecule has 1 aromatic carbocycles. The van der Waals surface area contributed by atoms with E-state index in [1.807, 2.05) is 25.1 Å². The van der Waals surface area contributed by atoms with Crippen LogP contribution < -0.4 is 20.1 Å². The highest BCUT2D eigenvalue weighted by Gasteiger charge is 2.18. The van der Waals surface area contributed by atoms with Crippen LogP contribution in [0.1, 0.15) is 32.3 Å². The average molecular weight is 376 g/mol. The van der Waals surface area contributed by atoms with Crippen LogP contribution >= 0.6 is 0 Å². The second-order valence-electron chi connectivity index (χ2n) is 7.12. The molecule has 1 amide bonds. The van der Waals surface area contributed by atoms with Gasteiger partial charge in [-0.15, -0.1) is 0 Å². The Hall–Kier alpha value is -2.05. The SMILES string of the molecule is C=C(C)CN1CCC(NCc2ccc(OCC(=O)NCC)c(OC)c2)CC1. The molecule has 1 aromatic rings. The summed E-state index contributed by atoms with van der Waals surface area (Å²) in [5, 5.41) is 6.35. The first-order chi connectivity index (χ1) is 13.0. The fraction of sp³-hybridized carbons (Fsp3) is 0.571. The number of carbonyl (C=O) groups excluding carboxylic acids is 1. The van der Waals surface area contributed by atoms with E-state index in [4.69, 9.17) is 9.47 Å². The van der Waals surface area contributed by atoms with Gasteiger partial charge in [-0.1, -0.05) is 18.2 Å². The number of likely N-dealkylation sites (tertiary alicyclic amines) is 1. The number of rotatable bonds is 10. The molecule has 0 saturated carbocycles. The molecular weight excluding hydrogens is 342 g/mol. The van der Waals surface area contributed by atoms with E-state index in [0.29, 0.717) is 24.1 Å². The molecule has 1 aliphatic rings. The van der Waals surface area contributed by atoms with Crippen molar-refractivity contribution >= 4 is 5.91 Å². The number of nitrogens with zero attached hydrogens (tertiary/aromatic N) is 1. The lowest BCUT2D eigenvalue weighted by Gasteiger charge is -2.32. The topological polar surface area (TPSA) is 62.8 Å². The van der Waals surface area contributed by atoms with Crippen molar-refractivity contribution in [2.75, 3.05) is 39.9 Å². The summed E-state index contributed by atoms with van der Waals surface area (Å²) >= 11 is 0. The summed E-state index contributed by atoms with van der Waals surface area (Å²) in [4.78, 5) is 14.0. The van der Waals surface area contributed by atoms with Crippen LogP contribution in [0, 0.1) is 0 Å². The Labute approximate surface area is 162 Å². The third kappa shape index (κ3) is 7.23. The van der Waals surface area contributed by atoms with Gasteiger partial charge in [-0.05, 0) is 57.5 Å². The lowest BCUT2D eigenvalue weighted by atomic mass is 10.0. The molecule has 1 fully saturated rings. The first-order valence-corrected chi connectivity index (χ1v) is 9.68. The maximum absolute atomic E-state index is 11.5. The number of piperidine rings is 1. The average Bonchev–Trinajstić information content (AvgIpc) is 2.66. The molecule has 1 saturated heterocycles. The van der Waals surface area contributed by atoms with E-state index in [-0.39, 0.29) is 12.5 Å². The normalized spacial score (nSPS) is 15.4. The van der Waals surface area contributed by atoms with Gasteiger partial charge >= 0.3 is 0 Å². The van der Waals surface area contributed by atoms with Gasteiger partial charge in [-0.2, -0.15) is 0 Å². The van der Waals surface area contributed by atoms with Crippen LogP contribution in [-0.4, -0.2) is 56.7 Å². The van der Waals surface area contributed by atoms with E-state index in [1.54, 1.807) is 7.11 Å². The van der Waals surface area contributed by atoms with Crippen molar-refractivity contribution < 1.29 is 14.3 Å². The zero-order valence-electron chi connectivity index (χ0n) is 16.8. The number of benzene rings is 1. The van der Waals surface area contributed by atoms with Crippen molar-refractivity contribution in [1.29, 1.82) is 0 Å². The van der Waals surface area contributed by atoms with Gasteiger partial charge in [0, 0.05) is 25.7 Å². The Balaban J connectivity index is 1.81. The third-order valence-electron chi connectivity index (χ3n) is 4.64. The van der Waals surface area contributed by atoms with Gasteiger partial charge in [0.25, 0.3) is 5.91 Å². The van der Waals surface area contributed by atoms with Crippen molar-refractivity contribution in [1.82, 2.24) is 15.5 Å². The highest BCUT2D eigenvalue weighted by Crippen LogP contribution is 2.28. The zero-order valence-corrected chi connectivity index (χ0v) is 16.8. The fourth-order valence-corrected chi connectivity index (χ4v) is 3.27.